The van der Waals surface area contributed by atoms with Crippen LogP contribution < -0.4 is 5.32 Å². The van der Waals surface area contributed by atoms with Crippen LogP contribution in [0.5, 0.6) is 0 Å². The molecule has 1 N–H and O–H groups in total. The lowest BCUT2D eigenvalue weighted by Gasteiger charge is -2.14. The second kappa shape index (κ2) is 4.97. The summed E-state index contributed by atoms with van der Waals surface area (Å²) >= 11 is 3.58. The van der Waals surface area contributed by atoms with Gasteiger partial charge in [0.15, 0.2) is 0 Å². The molecule has 0 bridgehead atoms. The Bertz CT molecular complexity index is 394. The summed E-state index contributed by atoms with van der Waals surface area (Å²) in [4.78, 5) is 12.1. The highest BCUT2D eigenvalue weighted by Crippen LogP contribution is 2.29. The van der Waals surface area contributed by atoms with Gasteiger partial charge in [-0.25, -0.2) is 4.79 Å². The average Bonchev–Trinajstić information content (AvgIpc) is 2.75. The number of halogens is 1. The molecule has 0 aromatic heterocycles. The Balaban J connectivity index is 2.29. The van der Waals surface area contributed by atoms with E-state index in [2.05, 4.69) is 21.2 Å². The van der Waals surface area contributed by atoms with E-state index in [9.17, 15) is 4.79 Å². The van der Waals surface area contributed by atoms with Crippen molar-refractivity contribution in [3.05, 3.63) is 35.4 Å². The molecule has 0 aliphatic carbocycles. The Morgan fingerprint density at radius 2 is 2.25 bits per heavy atom. The lowest BCUT2D eigenvalue weighted by molar-refractivity contribution is 0.0598. The van der Waals surface area contributed by atoms with Crippen molar-refractivity contribution in [3.8, 4) is 0 Å². The quantitative estimate of drug-likeness (QED) is 0.669. The molecule has 1 heterocycles. The molecule has 0 saturated carbocycles. The molecule has 0 spiro atoms. The first-order chi connectivity index (χ1) is 7.72. The molecule has 0 radical (unpaired) electrons. The van der Waals surface area contributed by atoms with E-state index in [0.29, 0.717) is 10.4 Å². The van der Waals surface area contributed by atoms with Crippen molar-refractivity contribution in [1.82, 2.24) is 5.32 Å². The van der Waals surface area contributed by atoms with Gasteiger partial charge in [-0.2, -0.15) is 0 Å². The van der Waals surface area contributed by atoms with E-state index in [1.54, 1.807) is 0 Å². The topological polar surface area (TPSA) is 38.3 Å². The zero-order valence-corrected chi connectivity index (χ0v) is 10.7. The third kappa shape index (κ3) is 2.28. The third-order valence-electron chi connectivity index (χ3n) is 2.82. The largest absolute Gasteiger partial charge is 0.465 e. The van der Waals surface area contributed by atoms with Crippen LogP contribution in [0, 0.1) is 0 Å². The first-order valence-corrected chi connectivity index (χ1v) is 6.18. The first-order valence-electron chi connectivity index (χ1n) is 5.27. The van der Waals surface area contributed by atoms with Gasteiger partial charge in [-0.15, -0.1) is 0 Å². The van der Waals surface area contributed by atoms with E-state index < -0.39 is 0 Å². The van der Waals surface area contributed by atoms with E-state index in [1.165, 1.54) is 7.11 Å². The standard InChI is InChI=1S/C12H14BrNO2/c1-16-12(15)10-5-3-2-4-9(10)11-6-8(13)7-14-11/h2-5,8,11,14H,6-7H2,1H3. The number of carbonyl (C=O) groups excluding carboxylic acids is 1. The van der Waals surface area contributed by atoms with E-state index in [0.717, 1.165) is 18.5 Å². The summed E-state index contributed by atoms with van der Waals surface area (Å²) < 4.78 is 4.78. The van der Waals surface area contributed by atoms with Crippen LogP contribution in [0.4, 0.5) is 0 Å². The van der Waals surface area contributed by atoms with E-state index in [1.807, 2.05) is 24.3 Å². The molecular formula is C12H14BrNO2. The van der Waals surface area contributed by atoms with E-state index in [-0.39, 0.29) is 12.0 Å². The number of hydrogen-bond acceptors (Lipinski definition) is 3. The molecule has 2 atom stereocenters. The minimum atomic E-state index is -0.268. The number of esters is 1. The van der Waals surface area contributed by atoms with E-state index in [4.69, 9.17) is 4.74 Å². The van der Waals surface area contributed by atoms with E-state index >= 15 is 0 Å². The smallest absolute Gasteiger partial charge is 0.338 e. The molecule has 1 aromatic carbocycles. The summed E-state index contributed by atoms with van der Waals surface area (Å²) in [6, 6.07) is 7.83. The van der Waals surface area contributed by atoms with Gasteiger partial charge in [0.2, 0.25) is 0 Å². The fourth-order valence-corrected chi connectivity index (χ4v) is 2.59. The number of alkyl halides is 1. The number of ether oxygens (including phenoxy) is 1. The number of carbonyl (C=O) groups is 1. The van der Waals surface area contributed by atoms with Gasteiger partial charge in [0.25, 0.3) is 0 Å². The molecule has 3 nitrogen and oxygen atoms in total. The van der Waals surface area contributed by atoms with Crippen molar-refractivity contribution >= 4 is 21.9 Å². The lowest BCUT2D eigenvalue weighted by Crippen LogP contribution is -2.17. The van der Waals surface area contributed by atoms with Crippen LogP contribution in [0.1, 0.15) is 28.4 Å². The highest BCUT2D eigenvalue weighted by molar-refractivity contribution is 9.09. The SMILES string of the molecule is COC(=O)c1ccccc1C1CC(Br)CN1. The second-order valence-electron chi connectivity index (χ2n) is 3.87. The second-order valence-corrected chi connectivity index (χ2v) is 5.17. The van der Waals surface area contributed by atoms with Gasteiger partial charge in [-0.05, 0) is 18.1 Å². The Morgan fingerprint density at radius 1 is 1.50 bits per heavy atom. The van der Waals surface area contributed by atoms with Crippen molar-refractivity contribution in [3.63, 3.8) is 0 Å². The maximum atomic E-state index is 11.6. The number of nitrogens with one attached hydrogen (secondary N) is 1. The van der Waals surface area contributed by atoms with Gasteiger partial charge in [-0.3, -0.25) is 0 Å². The molecule has 1 aliphatic heterocycles. The van der Waals surface area contributed by atoms with Gasteiger partial charge in [0, 0.05) is 17.4 Å². The maximum absolute atomic E-state index is 11.6. The molecule has 86 valence electrons. The van der Waals surface area contributed by atoms with Gasteiger partial charge >= 0.3 is 5.97 Å². The Hall–Kier alpha value is -0.870. The number of methoxy groups -OCH3 is 1. The normalized spacial score (nSPS) is 24.4. The number of rotatable bonds is 2. The minimum Gasteiger partial charge on any atom is -0.465 e. The highest BCUT2D eigenvalue weighted by Gasteiger charge is 2.26. The Morgan fingerprint density at radius 3 is 2.88 bits per heavy atom. The van der Waals surface area contributed by atoms with Crippen LogP contribution in [0.15, 0.2) is 24.3 Å². The molecule has 2 unspecified atom stereocenters. The summed E-state index contributed by atoms with van der Waals surface area (Å²) in [5, 5.41) is 3.39. The lowest BCUT2D eigenvalue weighted by atomic mass is 9.99. The van der Waals surface area contributed by atoms with Gasteiger partial charge in [-0.1, -0.05) is 34.1 Å². The summed E-state index contributed by atoms with van der Waals surface area (Å²) in [5.74, 6) is -0.268. The summed E-state index contributed by atoms with van der Waals surface area (Å²) in [6.07, 6.45) is 0.994. The van der Waals surface area contributed by atoms with Crippen molar-refractivity contribution < 1.29 is 9.53 Å². The van der Waals surface area contributed by atoms with Crippen LogP contribution in [0.2, 0.25) is 0 Å². The zero-order valence-electron chi connectivity index (χ0n) is 9.07. The molecule has 1 aliphatic rings. The van der Waals surface area contributed by atoms with Gasteiger partial charge in [0.05, 0.1) is 12.7 Å². The zero-order chi connectivity index (χ0) is 11.5. The van der Waals surface area contributed by atoms with Crippen LogP contribution in [-0.4, -0.2) is 24.5 Å². The summed E-state index contributed by atoms with van der Waals surface area (Å²) in [5.41, 5.74) is 1.68. The van der Waals surface area contributed by atoms with Crippen molar-refractivity contribution in [1.29, 1.82) is 0 Å². The first kappa shape index (κ1) is 11.6. The molecule has 0 amide bonds. The minimum absolute atomic E-state index is 0.236. The highest BCUT2D eigenvalue weighted by atomic mass is 79.9. The molecular weight excluding hydrogens is 270 g/mol. The molecule has 4 heteroatoms. The van der Waals surface area contributed by atoms with Crippen LogP contribution in [-0.2, 0) is 4.74 Å². The number of benzene rings is 1. The monoisotopic (exact) mass is 283 g/mol. The predicted octanol–water partition coefficient (Wildman–Crippen LogP) is 2.27. The molecule has 1 aromatic rings. The molecule has 16 heavy (non-hydrogen) atoms. The summed E-state index contributed by atoms with van der Waals surface area (Å²) in [7, 11) is 1.41. The molecule has 1 fully saturated rings. The maximum Gasteiger partial charge on any atom is 0.338 e. The van der Waals surface area contributed by atoms with Crippen molar-refractivity contribution in [2.24, 2.45) is 0 Å². The molecule has 1 saturated heterocycles. The Labute approximate surface area is 103 Å². The van der Waals surface area contributed by atoms with Crippen LogP contribution in [0.25, 0.3) is 0 Å². The number of hydrogen-bond donors (Lipinski definition) is 1. The third-order valence-corrected chi connectivity index (χ3v) is 3.52. The van der Waals surface area contributed by atoms with Crippen molar-refractivity contribution in [2.75, 3.05) is 13.7 Å². The van der Waals surface area contributed by atoms with Gasteiger partial charge in [0.1, 0.15) is 0 Å². The fraction of sp³-hybridized carbons (Fsp3) is 0.417. The van der Waals surface area contributed by atoms with Gasteiger partial charge < -0.3 is 10.1 Å². The van der Waals surface area contributed by atoms with Crippen LogP contribution >= 0.6 is 15.9 Å². The van der Waals surface area contributed by atoms with Crippen LogP contribution in [0.3, 0.4) is 0 Å². The Kier molecular flexibility index (Phi) is 3.61. The summed E-state index contributed by atoms with van der Waals surface area (Å²) in [6.45, 7) is 0.931. The van der Waals surface area contributed by atoms with Crippen molar-refractivity contribution in [2.45, 2.75) is 17.3 Å². The average molecular weight is 284 g/mol. The predicted molar refractivity (Wildman–Crippen MR) is 65.9 cm³/mol. The fourth-order valence-electron chi connectivity index (χ4n) is 2.03. The molecule has 2 rings (SSSR count).